The molecule has 0 aromatic heterocycles. The molecule has 0 aliphatic heterocycles. The summed E-state index contributed by atoms with van der Waals surface area (Å²) in [5, 5.41) is 0. The van der Waals surface area contributed by atoms with Gasteiger partial charge in [0.05, 0.1) is 20.6 Å². The van der Waals surface area contributed by atoms with Gasteiger partial charge in [0.15, 0.2) is 0 Å². The van der Waals surface area contributed by atoms with E-state index < -0.39 is 0 Å². The third kappa shape index (κ3) is 11.3. The number of hydrogen-bond acceptors (Lipinski definition) is 0. The van der Waals surface area contributed by atoms with Gasteiger partial charge in [-0.25, -0.2) is 0 Å². The highest BCUT2D eigenvalue weighted by Crippen LogP contribution is 2.19. The third-order valence-corrected chi connectivity index (χ3v) is 5.03. The molecule has 24 heavy (non-hydrogen) atoms. The van der Waals surface area contributed by atoms with Crippen molar-refractivity contribution < 1.29 is 17.0 Å². The van der Waals surface area contributed by atoms with Crippen LogP contribution < -0.4 is 21.5 Å². The summed E-state index contributed by atoms with van der Waals surface area (Å²) in [4.78, 5) is 0. The van der Waals surface area contributed by atoms with Gasteiger partial charge in [-0.2, -0.15) is 0 Å². The summed E-state index contributed by atoms with van der Waals surface area (Å²) < 4.78 is 1.01. The molecule has 0 bridgehead atoms. The second kappa shape index (κ2) is 15.0. The number of halogens is 1. The number of nitrogens with zero attached hydrogens (tertiary/aromatic N) is 1. The maximum atomic E-state index is 2.33. The van der Waals surface area contributed by atoms with Crippen LogP contribution in [-0.4, -0.2) is 20.6 Å². The lowest BCUT2D eigenvalue weighted by Gasteiger charge is -2.29. The van der Waals surface area contributed by atoms with Crippen LogP contribution in [0.15, 0.2) is 30.3 Å². The van der Waals surface area contributed by atoms with Gasteiger partial charge in [0.25, 0.3) is 0 Å². The van der Waals surface area contributed by atoms with E-state index in [4.69, 9.17) is 0 Å². The molecule has 0 heterocycles. The first-order valence-corrected chi connectivity index (χ1v) is 10.1. The minimum atomic E-state index is 0. The molecule has 2 heteroatoms. The molecule has 140 valence electrons. The Hall–Kier alpha value is -0.340. The molecular formula is C22H40BrN. The molecule has 1 aromatic rings. The SMILES string of the molecule is CCCCCCCCCCCCCC[N+](C)(C)c1ccccc1.[Br-]. The van der Waals surface area contributed by atoms with E-state index in [2.05, 4.69) is 51.4 Å². The van der Waals surface area contributed by atoms with Crippen molar-refractivity contribution in [2.75, 3.05) is 20.6 Å². The predicted octanol–water partition coefficient (Wildman–Crippen LogP) is 3.96. The number of para-hydroxylation sites is 1. The van der Waals surface area contributed by atoms with E-state index in [0.717, 1.165) is 4.48 Å². The number of benzene rings is 1. The van der Waals surface area contributed by atoms with Crippen molar-refractivity contribution in [3.8, 4) is 0 Å². The molecule has 0 saturated carbocycles. The summed E-state index contributed by atoms with van der Waals surface area (Å²) in [5.41, 5.74) is 1.43. The largest absolute Gasteiger partial charge is 1.00 e. The van der Waals surface area contributed by atoms with Gasteiger partial charge in [-0.05, 0) is 25.0 Å². The molecule has 0 fully saturated rings. The van der Waals surface area contributed by atoms with Gasteiger partial charge in [0.2, 0.25) is 0 Å². The van der Waals surface area contributed by atoms with Crippen LogP contribution in [0.2, 0.25) is 0 Å². The Morgan fingerprint density at radius 3 is 1.50 bits per heavy atom. The molecule has 0 amide bonds. The summed E-state index contributed by atoms with van der Waals surface area (Å²) in [6, 6.07) is 10.9. The first-order valence-electron chi connectivity index (χ1n) is 10.1. The van der Waals surface area contributed by atoms with Crippen LogP contribution in [0.25, 0.3) is 0 Å². The summed E-state index contributed by atoms with van der Waals surface area (Å²) in [5.74, 6) is 0. The van der Waals surface area contributed by atoms with Gasteiger partial charge < -0.3 is 17.0 Å². The lowest BCUT2D eigenvalue weighted by Crippen LogP contribution is -3.00. The van der Waals surface area contributed by atoms with E-state index in [1.54, 1.807) is 0 Å². The molecule has 0 aliphatic carbocycles. The van der Waals surface area contributed by atoms with Crippen LogP contribution >= 0.6 is 0 Å². The Labute approximate surface area is 162 Å². The summed E-state index contributed by atoms with van der Waals surface area (Å²) in [7, 11) is 4.65. The van der Waals surface area contributed by atoms with Crippen LogP contribution in [0.1, 0.15) is 84.0 Å². The second-order valence-electron chi connectivity index (χ2n) is 7.63. The smallest absolute Gasteiger partial charge is 0.132 e. The fraction of sp³-hybridized carbons (Fsp3) is 0.727. The molecule has 0 saturated heterocycles. The molecule has 0 spiro atoms. The zero-order valence-electron chi connectivity index (χ0n) is 16.4. The Kier molecular flexibility index (Phi) is 14.7. The predicted molar refractivity (Wildman–Crippen MR) is 106 cm³/mol. The molecule has 1 aromatic carbocycles. The van der Waals surface area contributed by atoms with Gasteiger partial charge >= 0.3 is 0 Å². The summed E-state index contributed by atoms with van der Waals surface area (Å²) in [6.45, 7) is 3.54. The Morgan fingerprint density at radius 2 is 1.04 bits per heavy atom. The molecule has 0 radical (unpaired) electrons. The fourth-order valence-electron chi connectivity index (χ4n) is 3.31. The van der Waals surface area contributed by atoms with E-state index in [-0.39, 0.29) is 17.0 Å². The van der Waals surface area contributed by atoms with E-state index in [0.29, 0.717) is 0 Å². The van der Waals surface area contributed by atoms with Crippen molar-refractivity contribution in [3.63, 3.8) is 0 Å². The van der Waals surface area contributed by atoms with Crippen molar-refractivity contribution >= 4 is 5.69 Å². The van der Waals surface area contributed by atoms with E-state index in [1.165, 1.54) is 89.3 Å². The van der Waals surface area contributed by atoms with E-state index >= 15 is 0 Å². The Balaban J connectivity index is 0.00000529. The normalized spacial score (nSPS) is 11.3. The molecule has 0 N–H and O–H groups in total. The number of unbranched alkanes of at least 4 members (excludes halogenated alkanes) is 11. The van der Waals surface area contributed by atoms with Gasteiger partial charge in [-0.3, -0.25) is 4.48 Å². The minimum Gasteiger partial charge on any atom is -1.00 e. The monoisotopic (exact) mass is 397 g/mol. The van der Waals surface area contributed by atoms with Crippen LogP contribution in [-0.2, 0) is 0 Å². The van der Waals surface area contributed by atoms with Crippen molar-refractivity contribution in [2.24, 2.45) is 0 Å². The van der Waals surface area contributed by atoms with Crippen LogP contribution in [0.4, 0.5) is 5.69 Å². The molecule has 1 nitrogen and oxygen atoms in total. The standard InChI is InChI=1S/C22H40N.BrH/c1-4-5-6-7-8-9-10-11-12-13-14-18-21-23(2,3)22-19-16-15-17-20-22;/h15-17,19-20H,4-14,18,21H2,1-3H3;1H/q+1;/p-1. The average Bonchev–Trinajstić information content (AvgIpc) is 2.56. The van der Waals surface area contributed by atoms with Crippen molar-refractivity contribution in [1.29, 1.82) is 0 Å². The molecule has 0 aliphatic rings. The summed E-state index contributed by atoms with van der Waals surface area (Å²) >= 11 is 0. The fourth-order valence-corrected chi connectivity index (χ4v) is 3.31. The highest BCUT2D eigenvalue weighted by Gasteiger charge is 2.17. The molecule has 1 rings (SSSR count). The van der Waals surface area contributed by atoms with E-state index in [1.807, 2.05) is 0 Å². The first-order chi connectivity index (χ1) is 11.2. The second-order valence-corrected chi connectivity index (χ2v) is 7.63. The maximum Gasteiger partial charge on any atom is 0.132 e. The molecular weight excluding hydrogens is 358 g/mol. The van der Waals surface area contributed by atoms with Crippen molar-refractivity contribution in [3.05, 3.63) is 30.3 Å². The van der Waals surface area contributed by atoms with Crippen molar-refractivity contribution in [1.82, 2.24) is 4.48 Å². The first kappa shape index (κ1) is 23.7. The number of hydrogen-bond donors (Lipinski definition) is 0. The zero-order chi connectivity index (χ0) is 16.8. The van der Waals surface area contributed by atoms with Crippen LogP contribution in [0.5, 0.6) is 0 Å². The van der Waals surface area contributed by atoms with Crippen molar-refractivity contribution in [2.45, 2.75) is 84.0 Å². The Bertz CT molecular complexity index is 375. The van der Waals surface area contributed by atoms with E-state index in [9.17, 15) is 0 Å². The average molecular weight is 398 g/mol. The van der Waals surface area contributed by atoms with Crippen LogP contribution in [0, 0.1) is 0 Å². The molecule has 0 atom stereocenters. The highest BCUT2D eigenvalue weighted by molar-refractivity contribution is 5.40. The van der Waals surface area contributed by atoms with Gasteiger partial charge in [0, 0.05) is 0 Å². The third-order valence-electron chi connectivity index (χ3n) is 5.03. The zero-order valence-corrected chi connectivity index (χ0v) is 18.0. The van der Waals surface area contributed by atoms with Gasteiger partial charge in [0.1, 0.15) is 5.69 Å². The van der Waals surface area contributed by atoms with Crippen LogP contribution in [0.3, 0.4) is 0 Å². The summed E-state index contributed by atoms with van der Waals surface area (Å²) in [6.07, 6.45) is 17.1. The van der Waals surface area contributed by atoms with Gasteiger partial charge in [-0.15, -0.1) is 0 Å². The lowest BCUT2D eigenvalue weighted by molar-refractivity contribution is -0.00000516. The number of rotatable bonds is 14. The topological polar surface area (TPSA) is 0 Å². The number of quaternary nitrogens is 1. The Morgan fingerprint density at radius 1 is 0.625 bits per heavy atom. The molecule has 0 unspecified atom stereocenters. The highest BCUT2D eigenvalue weighted by atomic mass is 79.9. The quantitative estimate of drug-likeness (QED) is 0.329. The minimum absolute atomic E-state index is 0. The van der Waals surface area contributed by atoms with Gasteiger partial charge in [-0.1, -0.05) is 89.3 Å². The maximum absolute atomic E-state index is 2.33. The lowest BCUT2D eigenvalue weighted by atomic mass is 10.1.